The molecule has 1 N–H and O–H groups in total. The van der Waals surface area contributed by atoms with Crippen LogP contribution in [-0.4, -0.2) is 22.6 Å². The van der Waals surface area contributed by atoms with E-state index in [-0.39, 0.29) is 0 Å². The Hall–Kier alpha value is -0.830. The average Bonchev–Trinajstić information content (AvgIpc) is 2.65. The number of rotatable bonds is 2. The van der Waals surface area contributed by atoms with E-state index in [0.29, 0.717) is 6.04 Å². The highest BCUT2D eigenvalue weighted by Crippen LogP contribution is 2.28. The number of nitrogens with zero attached hydrogens (tertiary/aromatic N) is 2. The lowest BCUT2D eigenvalue weighted by atomic mass is 9.91. The summed E-state index contributed by atoms with van der Waals surface area (Å²) in [6.07, 6.45) is 9.15. The van der Waals surface area contributed by atoms with Crippen molar-refractivity contribution in [1.82, 2.24) is 14.9 Å². The van der Waals surface area contributed by atoms with Crippen LogP contribution in [0.5, 0.6) is 0 Å². The van der Waals surface area contributed by atoms with Gasteiger partial charge in [0.1, 0.15) is 5.82 Å². The van der Waals surface area contributed by atoms with Crippen LogP contribution in [0.15, 0.2) is 12.4 Å². The highest BCUT2D eigenvalue weighted by molar-refractivity contribution is 4.94. The second kappa shape index (κ2) is 4.13. The Morgan fingerprint density at radius 1 is 1.36 bits per heavy atom. The van der Waals surface area contributed by atoms with Gasteiger partial charge in [-0.15, -0.1) is 0 Å². The molecule has 0 radical (unpaired) electrons. The second-order valence-corrected chi connectivity index (χ2v) is 4.18. The molecular formula is C11H19N3. The molecule has 0 spiro atoms. The van der Waals surface area contributed by atoms with E-state index < -0.39 is 0 Å². The van der Waals surface area contributed by atoms with Crippen molar-refractivity contribution in [2.75, 3.05) is 7.05 Å². The topological polar surface area (TPSA) is 29.9 Å². The van der Waals surface area contributed by atoms with Gasteiger partial charge in [-0.2, -0.15) is 0 Å². The first-order valence-corrected chi connectivity index (χ1v) is 5.48. The molecule has 14 heavy (non-hydrogen) atoms. The van der Waals surface area contributed by atoms with Gasteiger partial charge in [0.2, 0.25) is 0 Å². The van der Waals surface area contributed by atoms with Gasteiger partial charge in [0.15, 0.2) is 0 Å². The Morgan fingerprint density at radius 3 is 2.57 bits per heavy atom. The summed E-state index contributed by atoms with van der Waals surface area (Å²) < 4.78 is 2.33. The third-order valence-electron chi connectivity index (χ3n) is 3.36. The molecule has 1 aliphatic rings. The summed E-state index contributed by atoms with van der Waals surface area (Å²) >= 11 is 0. The molecule has 1 fully saturated rings. The second-order valence-electron chi connectivity index (χ2n) is 4.18. The largest absolute Gasteiger partial charge is 0.332 e. The Labute approximate surface area is 85.5 Å². The molecule has 0 unspecified atom stereocenters. The number of hydrogen-bond donors (Lipinski definition) is 1. The van der Waals surface area contributed by atoms with Crippen molar-refractivity contribution in [3.8, 4) is 0 Å². The number of imidazole rings is 1. The maximum atomic E-state index is 4.28. The summed E-state index contributed by atoms with van der Waals surface area (Å²) in [4.78, 5) is 4.28. The van der Waals surface area contributed by atoms with Gasteiger partial charge >= 0.3 is 0 Å². The zero-order valence-electron chi connectivity index (χ0n) is 9.03. The predicted molar refractivity (Wildman–Crippen MR) is 57.3 cm³/mol. The fraction of sp³-hybridized carbons (Fsp3) is 0.727. The summed E-state index contributed by atoms with van der Waals surface area (Å²) in [5, 5.41) is 3.36. The number of aromatic nitrogens is 2. The van der Waals surface area contributed by atoms with Gasteiger partial charge in [-0.1, -0.05) is 0 Å². The van der Waals surface area contributed by atoms with Crippen LogP contribution < -0.4 is 5.32 Å². The van der Waals surface area contributed by atoms with Gasteiger partial charge in [0.25, 0.3) is 0 Å². The van der Waals surface area contributed by atoms with E-state index >= 15 is 0 Å². The first kappa shape index (κ1) is 9.71. The van der Waals surface area contributed by atoms with Crippen LogP contribution in [-0.2, 0) is 0 Å². The molecule has 0 saturated heterocycles. The standard InChI is InChI=1S/C11H19N3/c1-9-13-7-8-14(9)11-5-3-10(12-2)4-6-11/h7-8,10-12H,3-6H2,1-2H3. The molecule has 1 aromatic heterocycles. The molecule has 0 aromatic carbocycles. The fourth-order valence-corrected chi connectivity index (χ4v) is 2.42. The maximum Gasteiger partial charge on any atom is 0.105 e. The van der Waals surface area contributed by atoms with Crippen molar-refractivity contribution in [2.24, 2.45) is 0 Å². The van der Waals surface area contributed by atoms with Gasteiger partial charge in [-0.3, -0.25) is 0 Å². The SMILES string of the molecule is CNC1CCC(n2ccnc2C)CC1. The van der Waals surface area contributed by atoms with E-state index in [4.69, 9.17) is 0 Å². The molecule has 0 atom stereocenters. The highest BCUT2D eigenvalue weighted by Gasteiger charge is 2.21. The summed E-state index contributed by atoms with van der Waals surface area (Å²) in [7, 11) is 2.06. The van der Waals surface area contributed by atoms with Crippen LogP contribution in [0, 0.1) is 6.92 Å². The van der Waals surface area contributed by atoms with E-state index in [0.717, 1.165) is 11.9 Å². The molecule has 1 aromatic rings. The fourth-order valence-electron chi connectivity index (χ4n) is 2.42. The third kappa shape index (κ3) is 1.82. The van der Waals surface area contributed by atoms with Crippen molar-refractivity contribution >= 4 is 0 Å². The van der Waals surface area contributed by atoms with Crippen LogP contribution in [0.1, 0.15) is 37.5 Å². The molecule has 0 amide bonds. The minimum absolute atomic E-state index is 0.682. The Bertz CT molecular complexity index is 284. The summed E-state index contributed by atoms with van der Waals surface area (Å²) in [6, 6.07) is 1.41. The van der Waals surface area contributed by atoms with Crippen molar-refractivity contribution < 1.29 is 0 Å². The molecule has 0 bridgehead atoms. The smallest absolute Gasteiger partial charge is 0.105 e. The van der Waals surface area contributed by atoms with Gasteiger partial charge in [-0.05, 0) is 39.7 Å². The Kier molecular flexibility index (Phi) is 2.87. The average molecular weight is 193 g/mol. The number of hydrogen-bond acceptors (Lipinski definition) is 2. The van der Waals surface area contributed by atoms with Crippen LogP contribution in [0.2, 0.25) is 0 Å². The minimum Gasteiger partial charge on any atom is -0.332 e. The zero-order valence-corrected chi connectivity index (χ0v) is 9.03. The molecule has 3 heteroatoms. The molecule has 1 heterocycles. The van der Waals surface area contributed by atoms with Crippen molar-refractivity contribution in [1.29, 1.82) is 0 Å². The number of nitrogens with one attached hydrogen (secondary N) is 1. The predicted octanol–water partition coefficient (Wildman–Crippen LogP) is 1.89. The van der Waals surface area contributed by atoms with Crippen molar-refractivity contribution in [3.63, 3.8) is 0 Å². The van der Waals surface area contributed by atoms with E-state index in [1.807, 2.05) is 6.20 Å². The van der Waals surface area contributed by atoms with Gasteiger partial charge < -0.3 is 9.88 Å². The minimum atomic E-state index is 0.682. The maximum absolute atomic E-state index is 4.28. The monoisotopic (exact) mass is 193 g/mol. The molecule has 78 valence electrons. The quantitative estimate of drug-likeness (QED) is 0.777. The van der Waals surface area contributed by atoms with E-state index in [1.165, 1.54) is 25.7 Å². The lowest BCUT2D eigenvalue weighted by molar-refractivity contribution is 0.297. The molecule has 2 rings (SSSR count). The Balaban J connectivity index is 1.99. The highest BCUT2D eigenvalue weighted by atomic mass is 15.1. The van der Waals surface area contributed by atoms with Gasteiger partial charge in [0, 0.05) is 24.5 Å². The lowest BCUT2D eigenvalue weighted by Gasteiger charge is -2.29. The Morgan fingerprint density at radius 2 is 2.07 bits per heavy atom. The van der Waals surface area contributed by atoms with Crippen LogP contribution in [0.3, 0.4) is 0 Å². The van der Waals surface area contributed by atoms with Gasteiger partial charge in [-0.25, -0.2) is 4.98 Å². The van der Waals surface area contributed by atoms with Crippen molar-refractivity contribution in [3.05, 3.63) is 18.2 Å². The molecule has 0 aliphatic heterocycles. The lowest BCUT2D eigenvalue weighted by Crippen LogP contribution is -2.31. The van der Waals surface area contributed by atoms with Crippen molar-refractivity contribution in [2.45, 2.75) is 44.7 Å². The van der Waals surface area contributed by atoms with Crippen LogP contribution in [0.4, 0.5) is 0 Å². The normalized spacial score (nSPS) is 27.9. The molecule has 1 aliphatic carbocycles. The summed E-state index contributed by atoms with van der Waals surface area (Å²) in [6.45, 7) is 2.09. The molecule has 3 nitrogen and oxygen atoms in total. The first-order valence-electron chi connectivity index (χ1n) is 5.48. The molecule has 1 saturated carbocycles. The molecular weight excluding hydrogens is 174 g/mol. The third-order valence-corrected chi connectivity index (χ3v) is 3.36. The van der Waals surface area contributed by atoms with E-state index in [1.54, 1.807) is 0 Å². The summed E-state index contributed by atoms with van der Waals surface area (Å²) in [5.41, 5.74) is 0. The van der Waals surface area contributed by atoms with E-state index in [2.05, 4.69) is 35.0 Å². The van der Waals surface area contributed by atoms with Gasteiger partial charge in [0.05, 0.1) is 0 Å². The van der Waals surface area contributed by atoms with Crippen LogP contribution in [0.25, 0.3) is 0 Å². The van der Waals surface area contributed by atoms with Crippen LogP contribution >= 0.6 is 0 Å². The number of aryl methyl sites for hydroxylation is 1. The first-order chi connectivity index (χ1) is 6.81. The summed E-state index contributed by atoms with van der Waals surface area (Å²) in [5.74, 6) is 1.15. The van der Waals surface area contributed by atoms with E-state index in [9.17, 15) is 0 Å². The zero-order chi connectivity index (χ0) is 9.97.